The zero-order chi connectivity index (χ0) is 26.0. The largest absolute Gasteiger partial charge is 0.468 e. The first-order valence-corrected chi connectivity index (χ1v) is 10.7. The third-order valence-corrected chi connectivity index (χ3v) is 7.11. The number of tetrazole rings is 1. The molecule has 3 aromatic rings. The molecule has 2 heterocycles. The van der Waals surface area contributed by atoms with Gasteiger partial charge in [0.2, 0.25) is 5.88 Å². The van der Waals surface area contributed by atoms with Crippen molar-refractivity contribution < 1.29 is 40.6 Å². The number of aliphatic hydroxyl groups is 1. The van der Waals surface area contributed by atoms with Gasteiger partial charge in [0, 0.05) is 29.3 Å². The Morgan fingerprint density at radius 3 is 2.31 bits per heavy atom. The summed E-state index contributed by atoms with van der Waals surface area (Å²) in [5, 5.41) is 21.6. The molecule has 3 aliphatic carbocycles. The van der Waals surface area contributed by atoms with Gasteiger partial charge in [0.05, 0.1) is 6.54 Å². The first-order chi connectivity index (χ1) is 16.8. The van der Waals surface area contributed by atoms with E-state index in [0.29, 0.717) is 11.6 Å². The molecular formula is C22H18F7N5O2. The van der Waals surface area contributed by atoms with E-state index in [4.69, 9.17) is 0 Å². The van der Waals surface area contributed by atoms with Crippen molar-refractivity contribution in [2.45, 2.75) is 48.9 Å². The van der Waals surface area contributed by atoms with Crippen LogP contribution in [0.3, 0.4) is 0 Å². The predicted molar refractivity (Wildman–Crippen MR) is 107 cm³/mol. The molecule has 3 fully saturated rings. The quantitative estimate of drug-likeness (QED) is 0.456. The summed E-state index contributed by atoms with van der Waals surface area (Å²) in [5.74, 6) is -6.49. The fourth-order valence-corrected chi connectivity index (χ4v) is 5.47. The van der Waals surface area contributed by atoms with Gasteiger partial charge in [0.25, 0.3) is 5.92 Å². The molecule has 1 atom stereocenters. The maximum absolute atomic E-state index is 16.1. The smallest absolute Gasteiger partial charge is 0.422 e. The number of aromatic nitrogens is 5. The number of halogens is 7. The number of alkyl halides is 5. The van der Waals surface area contributed by atoms with E-state index >= 15 is 8.78 Å². The summed E-state index contributed by atoms with van der Waals surface area (Å²) in [7, 11) is 0. The highest BCUT2D eigenvalue weighted by Gasteiger charge is 2.82. The molecular weight excluding hydrogens is 499 g/mol. The summed E-state index contributed by atoms with van der Waals surface area (Å²) in [4.78, 5) is 3.84. The van der Waals surface area contributed by atoms with E-state index in [1.54, 1.807) is 0 Å². The lowest BCUT2D eigenvalue weighted by atomic mass is 9.30. The summed E-state index contributed by atoms with van der Waals surface area (Å²) in [5.41, 5.74) is -5.79. The van der Waals surface area contributed by atoms with Gasteiger partial charge in [-0.1, -0.05) is 6.07 Å². The molecule has 0 spiro atoms. The van der Waals surface area contributed by atoms with Gasteiger partial charge in [-0.15, -0.1) is 5.10 Å². The van der Waals surface area contributed by atoms with Crippen molar-refractivity contribution in [3.05, 3.63) is 65.6 Å². The average molecular weight is 517 g/mol. The Bertz CT molecular complexity index is 1250. The number of nitrogens with zero attached hydrogens (tertiary/aromatic N) is 5. The molecule has 36 heavy (non-hydrogen) atoms. The topological polar surface area (TPSA) is 86.0 Å². The highest BCUT2D eigenvalue weighted by atomic mass is 19.4. The first kappa shape index (κ1) is 24.4. The van der Waals surface area contributed by atoms with E-state index in [1.807, 2.05) is 0 Å². The van der Waals surface area contributed by atoms with Gasteiger partial charge < -0.3 is 9.84 Å². The molecule has 1 aromatic carbocycles. The number of benzene rings is 1. The third kappa shape index (κ3) is 3.69. The number of hydrogen-bond acceptors (Lipinski definition) is 6. The summed E-state index contributed by atoms with van der Waals surface area (Å²) in [6.07, 6.45) is -2.52. The summed E-state index contributed by atoms with van der Waals surface area (Å²) >= 11 is 0. The van der Waals surface area contributed by atoms with Crippen LogP contribution in [0.2, 0.25) is 0 Å². The van der Waals surface area contributed by atoms with Gasteiger partial charge in [-0.05, 0) is 52.8 Å². The summed E-state index contributed by atoms with van der Waals surface area (Å²) in [6, 6.07) is 4.65. The Morgan fingerprint density at radius 2 is 1.75 bits per heavy atom. The average Bonchev–Trinajstić information content (AvgIpc) is 3.23. The summed E-state index contributed by atoms with van der Waals surface area (Å²) < 4.78 is 103. The van der Waals surface area contributed by atoms with Crippen molar-refractivity contribution in [3.8, 4) is 5.88 Å². The monoisotopic (exact) mass is 517 g/mol. The fourth-order valence-electron chi connectivity index (χ4n) is 5.47. The Labute approximate surface area is 198 Å². The van der Waals surface area contributed by atoms with E-state index < -0.39 is 58.9 Å². The van der Waals surface area contributed by atoms with Crippen LogP contribution >= 0.6 is 0 Å². The number of hydrogen-bond donors (Lipinski definition) is 1. The molecule has 0 amide bonds. The van der Waals surface area contributed by atoms with Crippen molar-refractivity contribution in [1.82, 2.24) is 25.2 Å². The molecule has 14 heteroatoms. The zero-order valence-corrected chi connectivity index (χ0v) is 18.3. The standard InChI is InChI=1S/C22H18F7N5O2/c23-14-2-3-15(16(24)5-14)20(35,10-34-12-31-32-33-34)22(28,29)19-7-18(8-19,9-19)13-1-4-17(30-6-13)36-11-21(25,26)27/h1-6,12,35H,7-11H2. The molecule has 6 rings (SSSR count). The molecule has 0 saturated heterocycles. The summed E-state index contributed by atoms with van der Waals surface area (Å²) in [6.45, 7) is -2.41. The van der Waals surface area contributed by atoms with Gasteiger partial charge in [0.1, 0.15) is 18.0 Å². The van der Waals surface area contributed by atoms with Crippen molar-refractivity contribution in [2.24, 2.45) is 5.41 Å². The Balaban J connectivity index is 1.39. The second kappa shape index (κ2) is 7.85. The molecule has 3 aliphatic rings. The van der Waals surface area contributed by atoms with Crippen molar-refractivity contribution in [1.29, 1.82) is 0 Å². The van der Waals surface area contributed by atoms with Crippen molar-refractivity contribution >= 4 is 0 Å². The van der Waals surface area contributed by atoms with Crippen LogP contribution in [-0.2, 0) is 17.6 Å². The minimum absolute atomic E-state index is 0.0852. The minimum Gasteiger partial charge on any atom is -0.468 e. The Kier molecular flexibility index (Phi) is 5.32. The van der Waals surface area contributed by atoms with Crippen LogP contribution in [0.4, 0.5) is 30.7 Å². The minimum atomic E-state index is -4.53. The van der Waals surface area contributed by atoms with Crippen LogP contribution in [0, 0.1) is 17.0 Å². The van der Waals surface area contributed by atoms with E-state index in [-0.39, 0.29) is 25.1 Å². The molecule has 7 nitrogen and oxygen atoms in total. The van der Waals surface area contributed by atoms with E-state index in [2.05, 4.69) is 25.2 Å². The van der Waals surface area contributed by atoms with Gasteiger partial charge in [-0.25, -0.2) is 27.2 Å². The maximum Gasteiger partial charge on any atom is 0.422 e. The normalized spacial score (nSPS) is 25.0. The molecule has 2 bridgehead atoms. The van der Waals surface area contributed by atoms with E-state index in [0.717, 1.165) is 23.1 Å². The molecule has 0 aliphatic heterocycles. The Morgan fingerprint density at radius 1 is 1.03 bits per heavy atom. The van der Waals surface area contributed by atoms with Gasteiger partial charge >= 0.3 is 6.18 Å². The molecule has 192 valence electrons. The van der Waals surface area contributed by atoms with Gasteiger partial charge in [-0.3, -0.25) is 0 Å². The lowest BCUT2D eigenvalue weighted by Gasteiger charge is -2.74. The van der Waals surface area contributed by atoms with Crippen LogP contribution in [-0.4, -0.2) is 49.0 Å². The first-order valence-electron chi connectivity index (χ1n) is 10.7. The molecule has 1 unspecified atom stereocenters. The molecule has 3 saturated carbocycles. The Hall–Kier alpha value is -3.29. The van der Waals surface area contributed by atoms with E-state index in [1.165, 1.54) is 18.3 Å². The molecule has 1 N–H and O–H groups in total. The third-order valence-electron chi connectivity index (χ3n) is 7.11. The van der Waals surface area contributed by atoms with Crippen LogP contribution in [0.5, 0.6) is 5.88 Å². The number of ether oxygens (including phenoxy) is 1. The lowest BCUT2D eigenvalue weighted by molar-refractivity contribution is -0.347. The highest BCUT2D eigenvalue weighted by molar-refractivity contribution is 5.42. The number of pyridine rings is 1. The maximum atomic E-state index is 16.1. The highest BCUT2D eigenvalue weighted by Crippen LogP contribution is 2.80. The van der Waals surface area contributed by atoms with E-state index in [9.17, 15) is 27.1 Å². The van der Waals surface area contributed by atoms with Gasteiger partial charge in [-0.2, -0.15) is 13.2 Å². The fraction of sp³-hybridized carbons (Fsp3) is 0.455. The van der Waals surface area contributed by atoms with Crippen LogP contribution in [0.1, 0.15) is 30.4 Å². The van der Waals surface area contributed by atoms with Crippen LogP contribution in [0.25, 0.3) is 0 Å². The lowest BCUT2D eigenvalue weighted by Crippen LogP contribution is -2.76. The van der Waals surface area contributed by atoms with Crippen molar-refractivity contribution in [2.75, 3.05) is 6.61 Å². The van der Waals surface area contributed by atoms with Crippen molar-refractivity contribution in [3.63, 3.8) is 0 Å². The second-order valence-electron chi connectivity index (χ2n) is 9.45. The SMILES string of the molecule is OC(Cn1cnnn1)(c1ccc(F)cc1F)C(F)(F)C12CC(c3ccc(OCC(F)(F)F)nc3)(C1)C2. The zero-order valence-electron chi connectivity index (χ0n) is 18.3. The predicted octanol–water partition coefficient (Wildman–Crippen LogP) is 3.93. The van der Waals surface area contributed by atoms with Crippen LogP contribution in [0.15, 0.2) is 42.9 Å². The molecule has 2 aromatic heterocycles. The van der Waals surface area contributed by atoms with Gasteiger partial charge in [0.15, 0.2) is 12.2 Å². The molecule has 0 radical (unpaired) electrons. The van der Waals surface area contributed by atoms with Crippen LogP contribution < -0.4 is 4.74 Å². The second-order valence-corrected chi connectivity index (χ2v) is 9.45. The number of rotatable bonds is 8.